The fraction of sp³-hybridized carbons (Fsp3) is 0.429. The van der Waals surface area contributed by atoms with E-state index in [-0.39, 0.29) is 11.5 Å². The Morgan fingerprint density at radius 1 is 0.846 bits per heavy atom. The van der Waals surface area contributed by atoms with Gasteiger partial charge in [0.25, 0.3) is 0 Å². The van der Waals surface area contributed by atoms with E-state index in [1.165, 1.54) is 0 Å². The number of nitrogens with two attached hydrogens (primary N) is 1. The van der Waals surface area contributed by atoms with Gasteiger partial charge in [0.05, 0.1) is 0 Å². The molecule has 1 aliphatic rings. The molecule has 3 nitrogen and oxygen atoms in total. The van der Waals surface area contributed by atoms with Crippen LogP contribution in [0.15, 0.2) is 24.3 Å². The summed E-state index contributed by atoms with van der Waals surface area (Å²) >= 11 is 11.7. The molecular weight excluding hydrogens is 369 g/mol. The minimum absolute atomic E-state index is 0.141. The van der Waals surface area contributed by atoms with E-state index in [9.17, 15) is 0 Å². The summed E-state index contributed by atoms with van der Waals surface area (Å²) in [5.74, 6) is 0.896. The zero-order chi connectivity index (χ0) is 20.4. The van der Waals surface area contributed by atoms with Gasteiger partial charge in [-0.05, 0) is 67.5 Å². The van der Waals surface area contributed by atoms with Crippen molar-refractivity contribution in [2.24, 2.45) is 0 Å². The molecule has 0 heterocycles. The summed E-state index contributed by atoms with van der Waals surface area (Å²) in [6.07, 6.45) is 2.32. The number of phenolic OH excluding ortho intramolecular Hbond substituents is 2. The van der Waals surface area contributed by atoms with Crippen molar-refractivity contribution in [3.8, 4) is 11.5 Å². The van der Waals surface area contributed by atoms with Crippen LogP contribution < -0.4 is 5.73 Å². The number of benzene rings is 2. The van der Waals surface area contributed by atoms with E-state index in [4.69, 9.17) is 39.1 Å². The zero-order valence-electron chi connectivity index (χ0n) is 16.5. The lowest BCUT2D eigenvalue weighted by Gasteiger charge is -2.06. The van der Waals surface area contributed by atoms with E-state index in [1.807, 2.05) is 41.5 Å². The second kappa shape index (κ2) is 11.9. The number of phenols is 2. The van der Waals surface area contributed by atoms with E-state index in [1.54, 1.807) is 24.3 Å². The highest BCUT2D eigenvalue weighted by Crippen LogP contribution is 2.46. The molecule has 4 N–H and O–H groups in total. The molecule has 0 aliphatic heterocycles. The molecule has 1 fully saturated rings. The third kappa shape index (κ3) is 7.35. The van der Waals surface area contributed by atoms with Crippen LogP contribution in [0.25, 0.3) is 0 Å². The Kier molecular flexibility index (Phi) is 11.2. The molecule has 1 aliphatic carbocycles. The monoisotopic (exact) mass is 399 g/mol. The maximum atomic E-state index is 9.16. The van der Waals surface area contributed by atoms with Crippen LogP contribution in [0, 0.1) is 13.8 Å². The van der Waals surface area contributed by atoms with Crippen molar-refractivity contribution >= 4 is 28.9 Å². The van der Waals surface area contributed by atoms with E-state index in [2.05, 4.69) is 0 Å². The first-order valence-corrected chi connectivity index (χ1v) is 9.78. The third-order valence-corrected chi connectivity index (χ3v) is 4.43. The van der Waals surface area contributed by atoms with E-state index < -0.39 is 0 Å². The summed E-state index contributed by atoms with van der Waals surface area (Å²) in [4.78, 5) is 0. The molecule has 3 rings (SSSR count). The standard InChI is InChI=1S/C9H10ClNO.C8H9ClO.2C2H6/c10-7-3-6(12)4-8(11)9(7)5-1-2-5;1-5-3-7(10)4-8(9)6(5)2;2*1-2/h3-5,12H,1-2,11H2;3-4,10H,1-2H3;2*1-2H3. The molecule has 0 atom stereocenters. The maximum Gasteiger partial charge on any atom is 0.119 e. The first kappa shape index (κ1) is 24.4. The fourth-order valence-electron chi connectivity index (χ4n) is 2.23. The van der Waals surface area contributed by atoms with Gasteiger partial charge in [-0.3, -0.25) is 0 Å². The van der Waals surface area contributed by atoms with Gasteiger partial charge in [-0.25, -0.2) is 0 Å². The van der Waals surface area contributed by atoms with Gasteiger partial charge in [-0.1, -0.05) is 50.9 Å². The number of anilines is 1. The predicted octanol–water partition coefficient (Wildman–Crippen LogP) is 7.22. The van der Waals surface area contributed by atoms with Crippen molar-refractivity contribution in [2.75, 3.05) is 5.73 Å². The van der Waals surface area contributed by atoms with Crippen LogP contribution >= 0.6 is 23.2 Å². The van der Waals surface area contributed by atoms with Crippen molar-refractivity contribution < 1.29 is 10.2 Å². The van der Waals surface area contributed by atoms with Crippen LogP contribution in [0.2, 0.25) is 10.0 Å². The summed E-state index contributed by atoms with van der Waals surface area (Å²) < 4.78 is 0. The molecule has 0 unspecified atom stereocenters. The molecule has 1 saturated carbocycles. The fourth-order valence-corrected chi connectivity index (χ4v) is 2.86. The normalized spacial score (nSPS) is 11.8. The van der Waals surface area contributed by atoms with Crippen LogP contribution in [-0.2, 0) is 0 Å². The van der Waals surface area contributed by atoms with Gasteiger partial charge >= 0.3 is 0 Å². The largest absolute Gasteiger partial charge is 0.508 e. The molecule has 0 spiro atoms. The molecule has 146 valence electrons. The number of aryl methyl sites for hydroxylation is 1. The minimum atomic E-state index is 0.141. The Hall–Kier alpha value is -1.58. The highest BCUT2D eigenvalue weighted by Gasteiger charge is 2.28. The second-order valence-corrected chi connectivity index (χ2v) is 6.39. The Bertz CT molecular complexity index is 652. The van der Waals surface area contributed by atoms with Gasteiger partial charge in [0.15, 0.2) is 0 Å². The summed E-state index contributed by atoms with van der Waals surface area (Å²) in [6, 6.07) is 6.34. The summed E-state index contributed by atoms with van der Waals surface area (Å²) in [6.45, 7) is 11.8. The Balaban J connectivity index is 0.000000409. The van der Waals surface area contributed by atoms with E-state index >= 15 is 0 Å². The summed E-state index contributed by atoms with van der Waals surface area (Å²) in [7, 11) is 0. The Morgan fingerprint density at radius 2 is 1.31 bits per heavy atom. The minimum Gasteiger partial charge on any atom is -0.508 e. The summed E-state index contributed by atoms with van der Waals surface area (Å²) in [5.41, 5.74) is 9.39. The van der Waals surface area contributed by atoms with Crippen LogP contribution in [0.4, 0.5) is 5.69 Å². The van der Waals surface area contributed by atoms with Crippen molar-refractivity contribution in [3.63, 3.8) is 0 Å². The number of halogens is 2. The lowest BCUT2D eigenvalue weighted by atomic mass is 10.1. The second-order valence-electron chi connectivity index (χ2n) is 5.57. The number of hydrogen-bond acceptors (Lipinski definition) is 3. The Morgan fingerprint density at radius 3 is 1.73 bits per heavy atom. The van der Waals surface area contributed by atoms with Gasteiger partial charge in [-0.2, -0.15) is 0 Å². The number of hydrogen-bond donors (Lipinski definition) is 3. The molecule has 0 amide bonds. The molecular formula is C21H31Cl2NO2. The number of aromatic hydroxyl groups is 2. The van der Waals surface area contributed by atoms with Gasteiger partial charge in [0, 0.05) is 21.8 Å². The molecule has 0 bridgehead atoms. The van der Waals surface area contributed by atoms with Crippen LogP contribution in [0.1, 0.15) is 63.1 Å². The molecule has 0 aromatic heterocycles. The average Bonchev–Trinajstić information content (AvgIpc) is 3.41. The van der Waals surface area contributed by atoms with Gasteiger partial charge in [0.2, 0.25) is 0 Å². The lowest BCUT2D eigenvalue weighted by Crippen LogP contribution is -1.93. The highest BCUT2D eigenvalue weighted by molar-refractivity contribution is 6.32. The first-order chi connectivity index (χ1) is 12.3. The zero-order valence-corrected chi connectivity index (χ0v) is 18.0. The molecule has 2 aromatic rings. The molecule has 5 heteroatoms. The Labute approximate surface area is 167 Å². The maximum absolute atomic E-state index is 9.16. The van der Waals surface area contributed by atoms with Gasteiger partial charge < -0.3 is 15.9 Å². The topological polar surface area (TPSA) is 66.5 Å². The number of rotatable bonds is 1. The van der Waals surface area contributed by atoms with Crippen LogP contribution in [0.3, 0.4) is 0 Å². The van der Waals surface area contributed by atoms with E-state index in [0.29, 0.717) is 21.7 Å². The number of nitrogen functional groups attached to an aromatic ring is 1. The van der Waals surface area contributed by atoms with Crippen molar-refractivity contribution in [1.82, 2.24) is 0 Å². The third-order valence-electron chi connectivity index (χ3n) is 3.72. The average molecular weight is 400 g/mol. The quantitative estimate of drug-likeness (QED) is 0.443. The lowest BCUT2D eigenvalue weighted by molar-refractivity contribution is 0.474. The molecule has 2 aromatic carbocycles. The van der Waals surface area contributed by atoms with Crippen molar-refractivity contribution in [2.45, 2.75) is 60.3 Å². The van der Waals surface area contributed by atoms with Crippen LogP contribution in [0.5, 0.6) is 11.5 Å². The predicted molar refractivity (Wildman–Crippen MR) is 115 cm³/mol. The molecule has 0 saturated heterocycles. The molecule has 26 heavy (non-hydrogen) atoms. The summed E-state index contributed by atoms with van der Waals surface area (Å²) in [5, 5.41) is 19.4. The first-order valence-electron chi connectivity index (χ1n) is 9.03. The van der Waals surface area contributed by atoms with Crippen molar-refractivity contribution in [1.29, 1.82) is 0 Å². The SMILES string of the molecule is CC.CC.Cc1cc(O)cc(Cl)c1C.Nc1cc(O)cc(Cl)c1C1CC1. The smallest absolute Gasteiger partial charge is 0.119 e. The van der Waals surface area contributed by atoms with Crippen molar-refractivity contribution in [3.05, 3.63) is 51.0 Å². The molecule has 0 radical (unpaired) electrons. The van der Waals surface area contributed by atoms with Crippen LogP contribution in [-0.4, -0.2) is 10.2 Å². The highest BCUT2D eigenvalue weighted by atomic mass is 35.5. The van der Waals surface area contributed by atoms with Gasteiger partial charge in [0.1, 0.15) is 11.5 Å². The van der Waals surface area contributed by atoms with Gasteiger partial charge in [-0.15, -0.1) is 0 Å². The van der Waals surface area contributed by atoms with E-state index in [0.717, 1.165) is 29.5 Å².